The third-order valence-corrected chi connectivity index (χ3v) is 2.76. The van der Waals surface area contributed by atoms with Crippen LogP contribution >= 0.6 is 11.6 Å². The van der Waals surface area contributed by atoms with Gasteiger partial charge in [0, 0.05) is 10.7 Å². The van der Waals surface area contributed by atoms with Gasteiger partial charge in [0.1, 0.15) is 0 Å². The van der Waals surface area contributed by atoms with E-state index in [1.807, 2.05) is 0 Å². The molecule has 1 N–H and O–H groups in total. The summed E-state index contributed by atoms with van der Waals surface area (Å²) in [5.41, 5.74) is 0.660. The van der Waals surface area contributed by atoms with Gasteiger partial charge in [-0.1, -0.05) is 17.7 Å². The van der Waals surface area contributed by atoms with Gasteiger partial charge in [-0.15, -0.1) is 0 Å². The van der Waals surface area contributed by atoms with E-state index in [1.54, 1.807) is 24.3 Å². The summed E-state index contributed by atoms with van der Waals surface area (Å²) >= 11 is 5.84. The number of aromatic nitrogens is 1. The Balaban J connectivity index is 2.00. The van der Waals surface area contributed by atoms with Gasteiger partial charge in [0.15, 0.2) is 22.7 Å². The SMILES string of the molecule is Fc1ccc2oc(Nc3cccc(Cl)c3)nc2c1F. The predicted octanol–water partition coefficient (Wildman–Crippen LogP) is 4.50. The van der Waals surface area contributed by atoms with E-state index < -0.39 is 11.6 Å². The van der Waals surface area contributed by atoms with Gasteiger partial charge in [-0.05, 0) is 30.3 Å². The van der Waals surface area contributed by atoms with Crippen LogP contribution in [0, 0.1) is 11.6 Å². The number of anilines is 2. The maximum Gasteiger partial charge on any atom is 0.300 e. The van der Waals surface area contributed by atoms with Gasteiger partial charge in [-0.3, -0.25) is 0 Å². The van der Waals surface area contributed by atoms with E-state index in [1.165, 1.54) is 6.07 Å². The zero-order valence-corrected chi connectivity index (χ0v) is 10.2. The first-order chi connectivity index (χ1) is 9.13. The first-order valence-corrected chi connectivity index (χ1v) is 5.78. The van der Waals surface area contributed by atoms with Crippen LogP contribution in [0.15, 0.2) is 40.8 Å². The van der Waals surface area contributed by atoms with Crippen molar-refractivity contribution in [2.24, 2.45) is 0 Å². The van der Waals surface area contributed by atoms with E-state index in [0.29, 0.717) is 10.7 Å². The molecule has 3 nitrogen and oxygen atoms in total. The molecule has 0 saturated heterocycles. The lowest BCUT2D eigenvalue weighted by Crippen LogP contribution is -1.90. The molecule has 0 spiro atoms. The van der Waals surface area contributed by atoms with Crippen LogP contribution in [0.3, 0.4) is 0 Å². The fraction of sp³-hybridized carbons (Fsp3) is 0. The summed E-state index contributed by atoms with van der Waals surface area (Å²) in [6.07, 6.45) is 0. The van der Waals surface area contributed by atoms with Gasteiger partial charge >= 0.3 is 0 Å². The minimum atomic E-state index is -1.03. The Labute approximate surface area is 111 Å². The van der Waals surface area contributed by atoms with Gasteiger partial charge < -0.3 is 9.73 Å². The fourth-order valence-electron chi connectivity index (χ4n) is 1.68. The number of halogens is 3. The van der Waals surface area contributed by atoms with Crippen LogP contribution in [0.2, 0.25) is 5.02 Å². The van der Waals surface area contributed by atoms with E-state index in [0.717, 1.165) is 6.07 Å². The summed E-state index contributed by atoms with van der Waals surface area (Å²) in [6, 6.07) is 9.25. The Morgan fingerprint density at radius 1 is 1.16 bits per heavy atom. The minimum absolute atomic E-state index is 0.0711. The normalized spacial score (nSPS) is 10.9. The lowest BCUT2D eigenvalue weighted by atomic mass is 10.3. The first-order valence-electron chi connectivity index (χ1n) is 5.40. The van der Waals surface area contributed by atoms with Gasteiger partial charge in [-0.2, -0.15) is 4.98 Å². The van der Waals surface area contributed by atoms with Crippen molar-refractivity contribution in [2.45, 2.75) is 0 Å². The third-order valence-electron chi connectivity index (χ3n) is 2.53. The Bertz CT molecular complexity index is 757. The van der Waals surface area contributed by atoms with E-state index in [9.17, 15) is 8.78 Å². The second-order valence-corrected chi connectivity index (χ2v) is 4.30. The smallest absolute Gasteiger partial charge is 0.300 e. The molecule has 3 aromatic rings. The average Bonchev–Trinajstić information content (AvgIpc) is 2.77. The van der Waals surface area contributed by atoms with Gasteiger partial charge in [0.2, 0.25) is 0 Å². The van der Waals surface area contributed by atoms with Crippen LogP contribution < -0.4 is 5.32 Å². The highest BCUT2D eigenvalue weighted by atomic mass is 35.5. The predicted molar refractivity (Wildman–Crippen MR) is 68.7 cm³/mol. The molecule has 0 aliphatic carbocycles. The molecule has 0 atom stereocenters. The summed E-state index contributed by atoms with van der Waals surface area (Å²) < 4.78 is 31.8. The van der Waals surface area contributed by atoms with Gasteiger partial charge in [-0.25, -0.2) is 8.78 Å². The zero-order chi connectivity index (χ0) is 13.4. The first kappa shape index (κ1) is 11.9. The van der Waals surface area contributed by atoms with Crippen molar-refractivity contribution in [2.75, 3.05) is 5.32 Å². The van der Waals surface area contributed by atoms with Crippen molar-refractivity contribution >= 4 is 34.4 Å². The number of benzene rings is 2. The van der Waals surface area contributed by atoms with E-state index in [2.05, 4.69) is 10.3 Å². The topological polar surface area (TPSA) is 38.1 Å². The minimum Gasteiger partial charge on any atom is -0.423 e. The molecule has 0 radical (unpaired) electrons. The van der Waals surface area contributed by atoms with Crippen molar-refractivity contribution in [3.05, 3.63) is 53.1 Å². The van der Waals surface area contributed by atoms with Gasteiger partial charge in [0.05, 0.1) is 0 Å². The Kier molecular flexibility index (Phi) is 2.83. The van der Waals surface area contributed by atoms with Crippen molar-refractivity contribution in [1.29, 1.82) is 0 Å². The number of oxazole rings is 1. The van der Waals surface area contributed by atoms with Crippen molar-refractivity contribution in [1.82, 2.24) is 4.98 Å². The highest BCUT2D eigenvalue weighted by Gasteiger charge is 2.14. The molecule has 6 heteroatoms. The van der Waals surface area contributed by atoms with Crippen LogP contribution in [0.4, 0.5) is 20.5 Å². The summed E-state index contributed by atoms with van der Waals surface area (Å²) in [5.74, 6) is -1.99. The average molecular weight is 281 g/mol. The molecule has 1 aromatic heterocycles. The molecule has 96 valence electrons. The number of nitrogens with zero attached hydrogens (tertiary/aromatic N) is 1. The number of hydrogen-bond acceptors (Lipinski definition) is 3. The number of nitrogens with one attached hydrogen (secondary N) is 1. The molecule has 2 aromatic carbocycles. The zero-order valence-electron chi connectivity index (χ0n) is 9.45. The fourth-order valence-corrected chi connectivity index (χ4v) is 1.87. The summed E-state index contributed by atoms with van der Waals surface area (Å²) in [6.45, 7) is 0. The molecule has 0 aliphatic rings. The highest BCUT2D eigenvalue weighted by Crippen LogP contribution is 2.26. The molecule has 1 heterocycles. The Morgan fingerprint density at radius 2 is 2.00 bits per heavy atom. The molecule has 0 amide bonds. The van der Waals surface area contributed by atoms with Crippen LogP contribution in [-0.2, 0) is 0 Å². The molecule has 0 saturated carbocycles. The second kappa shape index (κ2) is 4.51. The van der Waals surface area contributed by atoms with Crippen LogP contribution in [0.25, 0.3) is 11.1 Å². The quantitative estimate of drug-likeness (QED) is 0.751. The number of fused-ring (bicyclic) bond motifs is 1. The lowest BCUT2D eigenvalue weighted by molar-refractivity contribution is 0.514. The molecular formula is C13H7ClF2N2O. The summed E-state index contributed by atoms with van der Waals surface area (Å²) in [4.78, 5) is 3.86. The van der Waals surface area contributed by atoms with Crippen LogP contribution in [0.5, 0.6) is 0 Å². The number of rotatable bonds is 2. The van der Waals surface area contributed by atoms with Crippen LogP contribution in [-0.4, -0.2) is 4.98 Å². The molecular weight excluding hydrogens is 274 g/mol. The molecule has 0 aliphatic heterocycles. The van der Waals surface area contributed by atoms with Crippen molar-refractivity contribution < 1.29 is 13.2 Å². The Morgan fingerprint density at radius 3 is 2.79 bits per heavy atom. The van der Waals surface area contributed by atoms with E-state index in [4.69, 9.17) is 16.0 Å². The maximum absolute atomic E-state index is 13.5. The summed E-state index contributed by atoms with van der Waals surface area (Å²) in [5, 5.41) is 3.37. The number of hydrogen-bond donors (Lipinski definition) is 1. The maximum atomic E-state index is 13.5. The largest absolute Gasteiger partial charge is 0.423 e. The van der Waals surface area contributed by atoms with E-state index >= 15 is 0 Å². The van der Waals surface area contributed by atoms with Gasteiger partial charge in [0.25, 0.3) is 6.01 Å². The molecule has 3 rings (SSSR count). The molecule has 19 heavy (non-hydrogen) atoms. The monoisotopic (exact) mass is 280 g/mol. The van der Waals surface area contributed by atoms with Crippen LogP contribution in [0.1, 0.15) is 0 Å². The second-order valence-electron chi connectivity index (χ2n) is 3.86. The summed E-state index contributed by atoms with van der Waals surface area (Å²) in [7, 11) is 0. The van der Waals surface area contributed by atoms with Crippen molar-refractivity contribution in [3.8, 4) is 0 Å². The lowest BCUT2D eigenvalue weighted by Gasteiger charge is -2.00. The molecule has 0 fully saturated rings. The third kappa shape index (κ3) is 2.24. The molecule has 0 unspecified atom stereocenters. The standard InChI is InChI=1S/C13H7ClF2N2O/c14-7-2-1-3-8(6-7)17-13-18-12-10(19-13)5-4-9(15)11(12)16/h1-6H,(H,17,18). The van der Waals surface area contributed by atoms with Crippen molar-refractivity contribution in [3.63, 3.8) is 0 Å². The van der Waals surface area contributed by atoms with E-state index in [-0.39, 0.29) is 17.1 Å². The Hall–Kier alpha value is -2.14. The molecule has 0 bridgehead atoms. The highest BCUT2D eigenvalue weighted by molar-refractivity contribution is 6.30.